The fourth-order valence-electron chi connectivity index (χ4n) is 6.41. The van der Waals surface area contributed by atoms with Gasteiger partial charge in [0.2, 0.25) is 11.8 Å². The van der Waals surface area contributed by atoms with Crippen LogP contribution in [0.3, 0.4) is 0 Å². The Morgan fingerprint density at radius 3 is 2.33 bits per heavy atom. The molecule has 4 aliphatic rings. The third kappa shape index (κ3) is 5.43. The lowest BCUT2D eigenvalue weighted by Gasteiger charge is -2.28. The van der Waals surface area contributed by atoms with E-state index in [1.807, 2.05) is 18.2 Å². The minimum atomic E-state index is -0.0185. The molecule has 1 saturated carbocycles. The maximum absolute atomic E-state index is 13.0. The van der Waals surface area contributed by atoms with Gasteiger partial charge in [0, 0.05) is 45.2 Å². The number of nitrogens with one attached hydrogen (secondary N) is 1. The zero-order valence-corrected chi connectivity index (χ0v) is 19.8. The second kappa shape index (κ2) is 10.6. The Morgan fingerprint density at radius 1 is 0.939 bits per heavy atom. The van der Waals surface area contributed by atoms with E-state index in [0.29, 0.717) is 31.0 Å². The van der Waals surface area contributed by atoms with Crippen LogP contribution in [0.25, 0.3) is 0 Å². The molecule has 1 aromatic rings. The van der Waals surface area contributed by atoms with E-state index in [2.05, 4.69) is 27.2 Å². The third-order valence-corrected chi connectivity index (χ3v) is 8.38. The molecule has 3 aliphatic heterocycles. The second-order valence-corrected chi connectivity index (χ2v) is 10.7. The number of carbonyl (C=O) groups excluding carboxylic acids is 2. The van der Waals surface area contributed by atoms with E-state index in [1.165, 1.54) is 24.8 Å². The standard InChI is InChI=1S/C27H39N3O3/c31-26(22-12-14-33-19-22)28-25(20-7-3-1-4-8-20)11-13-29-15-23-17-30(18-24(23)16-29)27(32)21-9-5-2-6-10-21/h1,3-4,7-8,21-25H,2,5-6,9-19H2,(H,28,31)/t22?,23-,24?,25?/m0/s1. The van der Waals surface area contributed by atoms with Gasteiger partial charge in [-0.25, -0.2) is 0 Å². The number of hydrogen-bond acceptors (Lipinski definition) is 4. The number of ether oxygens (including phenoxy) is 1. The SMILES string of the molecule is O=C(NC(CCN1CC2CN(C(=O)C3CCCCC3)C[C@@H]2C1)c1ccccc1)C1CCOC1. The first-order chi connectivity index (χ1) is 16.2. The summed E-state index contributed by atoms with van der Waals surface area (Å²) in [5.41, 5.74) is 1.17. The highest BCUT2D eigenvalue weighted by Gasteiger charge is 2.42. The van der Waals surface area contributed by atoms with Crippen LogP contribution in [-0.4, -0.2) is 67.6 Å². The molecule has 3 unspecified atom stereocenters. The molecule has 3 heterocycles. The maximum Gasteiger partial charge on any atom is 0.226 e. The van der Waals surface area contributed by atoms with Gasteiger partial charge in [-0.2, -0.15) is 0 Å². The smallest absolute Gasteiger partial charge is 0.226 e. The molecular formula is C27H39N3O3. The highest BCUT2D eigenvalue weighted by atomic mass is 16.5. The lowest BCUT2D eigenvalue weighted by atomic mass is 9.88. The van der Waals surface area contributed by atoms with Gasteiger partial charge in [0.1, 0.15) is 0 Å². The Kier molecular flexibility index (Phi) is 7.31. The zero-order valence-electron chi connectivity index (χ0n) is 19.8. The Labute approximate surface area is 198 Å². The third-order valence-electron chi connectivity index (χ3n) is 8.38. The topological polar surface area (TPSA) is 61.9 Å². The molecule has 0 aromatic heterocycles. The van der Waals surface area contributed by atoms with Crippen molar-refractivity contribution in [1.29, 1.82) is 0 Å². The van der Waals surface area contributed by atoms with Crippen molar-refractivity contribution in [3.8, 4) is 0 Å². The molecule has 33 heavy (non-hydrogen) atoms. The Morgan fingerprint density at radius 2 is 1.67 bits per heavy atom. The Balaban J connectivity index is 1.13. The average molecular weight is 454 g/mol. The molecule has 4 fully saturated rings. The van der Waals surface area contributed by atoms with Gasteiger partial charge in [-0.3, -0.25) is 9.59 Å². The molecule has 4 atom stereocenters. The predicted octanol–water partition coefficient (Wildman–Crippen LogP) is 3.24. The Bertz CT molecular complexity index is 790. The number of nitrogens with zero attached hydrogens (tertiary/aromatic N) is 2. The molecule has 180 valence electrons. The van der Waals surface area contributed by atoms with E-state index in [1.54, 1.807) is 0 Å². The molecule has 6 heteroatoms. The van der Waals surface area contributed by atoms with Crippen molar-refractivity contribution in [2.75, 3.05) is 45.9 Å². The van der Waals surface area contributed by atoms with Gasteiger partial charge in [-0.05, 0) is 43.1 Å². The maximum atomic E-state index is 13.0. The molecule has 0 radical (unpaired) electrons. The van der Waals surface area contributed by atoms with Crippen molar-refractivity contribution in [2.45, 2.75) is 51.0 Å². The quantitative estimate of drug-likeness (QED) is 0.689. The fourth-order valence-corrected chi connectivity index (χ4v) is 6.41. The fraction of sp³-hybridized carbons (Fsp3) is 0.704. The molecule has 0 spiro atoms. The summed E-state index contributed by atoms with van der Waals surface area (Å²) in [5.74, 6) is 2.04. The van der Waals surface area contributed by atoms with Crippen molar-refractivity contribution in [2.24, 2.45) is 23.7 Å². The van der Waals surface area contributed by atoms with Gasteiger partial charge in [0.05, 0.1) is 18.6 Å². The molecule has 2 amide bonds. The van der Waals surface area contributed by atoms with Crippen molar-refractivity contribution < 1.29 is 14.3 Å². The van der Waals surface area contributed by atoms with Crippen molar-refractivity contribution >= 4 is 11.8 Å². The van der Waals surface area contributed by atoms with Crippen LogP contribution >= 0.6 is 0 Å². The number of amides is 2. The molecule has 1 N–H and O–H groups in total. The van der Waals surface area contributed by atoms with Crippen LogP contribution in [0.4, 0.5) is 0 Å². The lowest BCUT2D eigenvalue weighted by Crippen LogP contribution is -2.39. The first kappa shape index (κ1) is 22.9. The summed E-state index contributed by atoms with van der Waals surface area (Å²) in [6, 6.07) is 10.4. The average Bonchev–Trinajstić information content (AvgIpc) is 3.59. The first-order valence-corrected chi connectivity index (χ1v) is 13.1. The van der Waals surface area contributed by atoms with E-state index in [-0.39, 0.29) is 23.8 Å². The predicted molar refractivity (Wildman–Crippen MR) is 127 cm³/mol. The first-order valence-electron chi connectivity index (χ1n) is 13.1. The van der Waals surface area contributed by atoms with Crippen LogP contribution < -0.4 is 5.32 Å². The second-order valence-electron chi connectivity index (χ2n) is 10.7. The van der Waals surface area contributed by atoms with Crippen molar-refractivity contribution in [1.82, 2.24) is 15.1 Å². The summed E-state index contributed by atoms with van der Waals surface area (Å²) in [6.07, 6.45) is 7.65. The monoisotopic (exact) mass is 453 g/mol. The van der Waals surface area contributed by atoms with Crippen LogP contribution in [0.15, 0.2) is 30.3 Å². The highest BCUT2D eigenvalue weighted by molar-refractivity contribution is 5.80. The Hall–Kier alpha value is -1.92. The van der Waals surface area contributed by atoms with Crippen LogP contribution in [0, 0.1) is 23.7 Å². The van der Waals surface area contributed by atoms with E-state index in [9.17, 15) is 9.59 Å². The highest BCUT2D eigenvalue weighted by Crippen LogP contribution is 2.34. The minimum absolute atomic E-state index is 0.0185. The summed E-state index contributed by atoms with van der Waals surface area (Å²) < 4.78 is 5.42. The molecular weight excluding hydrogens is 414 g/mol. The summed E-state index contributed by atoms with van der Waals surface area (Å²) in [5, 5.41) is 3.31. The molecule has 1 aliphatic carbocycles. The van der Waals surface area contributed by atoms with E-state index >= 15 is 0 Å². The molecule has 0 bridgehead atoms. The van der Waals surface area contributed by atoms with Crippen LogP contribution in [0.2, 0.25) is 0 Å². The van der Waals surface area contributed by atoms with Gasteiger partial charge in [0.25, 0.3) is 0 Å². The lowest BCUT2D eigenvalue weighted by molar-refractivity contribution is -0.135. The number of hydrogen-bond donors (Lipinski definition) is 1. The van der Waals surface area contributed by atoms with Gasteiger partial charge in [-0.15, -0.1) is 0 Å². The van der Waals surface area contributed by atoms with Crippen LogP contribution in [0.1, 0.15) is 56.6 Å². The van der Waals surface area contributed by atoms with Gasteiger partial charge in [0.15, 0.2) is 0 Å². The summed E-state index contributed by atoms with van der Waals surface area (Å²) >= 11 is 0. The number of benzene rings is 1. The van der Waals surface area contributed by atoms with E-state index in [0.717, 1.165) is 58.4 Å². The van der Waals surface area contributed by atoms with Crippen LogP contribution in [-0.2, 0) is 14.3 Å². The number of fused-ring (bicyclic) bond motifs is 1. The summed E-state index contributed by atoms with van der Waals surface area (Å²) in [4.78, 5) is 30.5. The summed E-state index contributed by atoms with van der Waals surface area (Å²) in [6.45, 7) is 6.23. The van der Waals surface area contributed by atoms with Crippen molar-refractivity contribution in [3.05, 3.63) is 35.9 Å². The van der Waals surface area contributed by atoms with Crippen LogP contribution in [0.5, 0.6) is 0 Å². The molecule has 3 saturated heterocycles. The summed E-state index contributed by atoms with van der Waals surface area (Å²) in [7, 11) is 0. The molecule has 6 nitrogen and oxygen atoms in total. The normalized spacial score (nSPS) is 29.2. The van der Waals surface area contributed by atoms with E-state index in [4.69, 9.17) is 4.74 Å². The molecule has 5 rings (SSSR count). The van der Waals surface area contributed by atoms with Gasteiger partial charge < -0.3 is 19.9 Å². The van der Waals surface area contributed by atoms with E-state index < -0.39 is 0 Å². The molecule has 1 aromatic carbocycles. The minimum Gasteiger partial charge on any atom is -0.381 e. The largest absolute Gasteiger partial charge is 0.381 e. The van der Waals surface area contributed by atoms with Crippen molar-refractivity contribution in [3.63, 3.8) is 0 Å². The van der Waals surface area contributed by atoms with Gasteiger partial charge >= 0.3 is 0 Å². The zero-order chi connectivity index (χ0) is 22.6. The number of likely N-dealkylation sites (tertiary alicyclic amines) is 2. The number of carbonyl (C=O) groups is 2. The number of rotatable bonds is 7. The van der Waals surface area contributed by atoms with Gasteiger partial charge in [-0.1, -0.05) is 49.6 Å².